The topological polar surface area (TPSA) is 83.7 Å². The maximum absolute atomic E-state index is 13.4. The summed E-state index contributed by atoms with van der Waals surface area (Å²) >= 11 is 7.74. The van der Waals surface area contributed by atoms with Crippen LogP contribution >= 0.6 is 23.4 Å². The van der Waals surface area contributed by atoms with Gasteiger partial charge in [-0.1, -0.05) is 11.6 Å². The van der Waals surface area contributed by atoms with Gasteiger partial charge in [0, 0.05) is 65.5 Å². The van der Waals surface area contributed by atoms with Crippen LogP contribution in [0.5, 0.6) is 11.5 Å². The van der Waals surface area contributed by atoms with Crippen molar-refractivity contribution >= 4 is 29.3 Å². The number of pyridine rings is 1. The number of amides is 1. The summed E-state index contributed by atoms with van der Waals surface area (Å²) in [6.07, 6.45) is 3.07. The molecule has 3 aliphatic rings. The lowest BCUT2D eigenvalue weighted by Gasteiger charge is -2.38. The van der Waals surface area contributed by atoms with Gasteiger partial charge in [-0.15, -0.1) is 11.8 Å². The van der Waals surface area contributed by atoms with Gasteiger partial charge in [-0.3, -0.25) is 9.59 Å². The molecule has 1 aliphatic carbocycles. The molecule has 0 radical (unpaired) electrons. The zero-order valence-corrected chi connectivity index (χ0v) is 23.2. The molecule has 1 aromatic heterocycles. The van der Waals surface area contributed by atoms with E-state index in [0.717, 1.165) is 0 Å². The fourth-order valence-electron chi connectivity index (χ4n) is 5.29. The zero-order valence-electron chi connectivity index (χ0n) is 23.7. The minimum absolute atomic E-state index is 0.0315. The van der Waals surface area contributed by atoms with E-state index in [9.17, 15) is 18.4 Å². The first kappa shape index (κ1) is 24.7. The van der Waals surface area contributed by atoms with Crippen molar-refractivity contribution < 1.29 is 25.8 Å². The number of likely N-dealkylation sites (tertiary alicyclic amines) is 1. The maximum Gasteiger partial charge on any atom is 0.254 e. The van der Waals surface area contributed by atoms with Crippen molar-refractivity contribution in [3.8, 4) is 11.5 Å². The zero-order chi connectivity index (χ0) is 29.2. The number of benzene rings is 1. The van der Waals surface area contributed by atoms with E-state index in [4.69, 9.17) is 23.8 Å². The van der Waals surface area contributed by atoms with E-state index in [1.807, 2.05) is 6.92 Å². The van der Waals surface area contributed by atoms with Gasteiger partial charge in [0.05, 0.1) is 7.76 Å². The minimum Gasteiger partial charge on any atom is -0.448 e. The van der Waals surface area contributed by atoms with Crippen LogP contribution in [0.4, 0.5) is 8.78 Å². The third-order valence-corrected chi connectivity index (χ3v) is 8.75. The molecular weight excluding hydrogens is 536 g/mol. The minimum atomic E-state index is -2.53. The number of halogens is 3. The largest absolute Gasteiger partial charge is 0.448 e. The fraction of sp³-hybridized carbons (Fsp3) is 0.556. The molecule has 2 aromatic rings. The molecule has 2 fully saturated rings. The number of hydrogen-bond donors (Lipinski definition) is 2. The second kappa shape index (κ2) is 10.0. The Labute approximate surface area is 232 Å². The summed E-state index contributed by atoms with van der Waals surface area (Å²) in [4.78, 5) is 31.0. The molecule has 11 heteroatoms. The van der Waals surface area contributed by atoms with Crippen LogP contribution in [0.1, 0.15) is 56.1 Å². The molecule has 206 valence electrons. The molecule has 1 saturated heterocycles. The van der Waals surface area contributed by atoms with Crippen LogP contribution in [-0.4, -0.2) is 53.4 Å². The Hall–Kier alpha value is -2.30. The van der Waals surface area contributed by atoms with Gasteiger partial charge in [-0.2, -0.15) is 0 Å². The molecule has 1 aromatic carbocycles. The number of H-pyrrole nitrogens is 1. The molecule has 0 spiro atoms. The number of carbonyl (C=O) groups is 1. The Morgan fingerprint density at radius 2 is 1.95 bits per heavy atom. The van der Waals surface area contributed by atoms with Crippen molar-refractivity contribution in [3.05, 3.63) is 49.9 Å². The molecule has 5 rings (SSSR count). The van der Waals surface area contributed by atoms with Gasteiger partial charge in [-0.05, 0) is 58.2 Å². The van der Waals surface area contributed by atoms with E-state index < -0.39 is 35.6 Å². The average Bonchev–Trinajstić information content (AvgIpc) is 3.28. The van der Waals surface area contributed by atoms with E-state index in [1.165, 1.54) is 17.8 Å². The second-order valence-electron chi connectivity index (χ2n) is 10.5. The summed E-state index contributed by atoms with van der Waals surface area (Å²) in [6, 6.07) is 3.06. The first-order valence-corrected chi connectivity index (χ1v) is 14.2. The number of hydrogen-bond acceptors (Lipinski definition) is 6. The maximum atomic E-state index is 13.4. The number of nitrogens with one attached hydrogen (secondary N) is 2. The number of aryl methyl sites for hydroxylation is 1. The summed E-state index contributed by atoms with van der Waals surface area (Å²) in [6.45, 7) is 4.40. The number of carbonyl (C=O) groups excluding carboxylic acids is 1. The van der Waals surface area contributed by atoms with Crippen molar-refractivity contribution in [1.82, 2.24) is 15.2 Å². The van der Waals surface area contributed by atoms with E-state index >= 15 is 0 Å². The molecule has 2 N–H and O–H groups in total. The fourth-order valence-corrected chi connectivity index (χ4v) is 6.17. The molecule has 2 atom stereocenters. The van der Waals surface area contributed by atoms with E-state index in [1.54, 1.807) is 26.2 Å². The molecule has 3 heterocycles. The van der Waals surface area contributed by atoms with Crippen molar-refractivity contribution in [2.75, 3.05) is 25.9 Å². The van der Waals surface area contributed by atoms with Crippen LogP contribution in [0.2, 0.25) is 5.02 Å². The summed E-state index contributed by atoms with van der Waals surface area (Å²) in [5, 5.41) is 2.49. The quantitative estimate of drug-likeness (QED) is 0.449. The smallest absolute Gasteiger partial charge is 0.254 e. The van der Waals surface area contributed by atoms with Crippen molar-refractivity contribution in [3.63, 3.8) is 0 Å². The highest BCUT2D eigenvalue weighted by atomic mass is 35.5. The molecular formula is C27H32ClF2N3O4S. The van der Waals surface area contributed by atoms with Gasteiger partial charge in [-0.25, -0.2) is 8.78 Å². The van der Waals surface area contributed by atoms with Crippen molar-refractivity contribution in [2.24, 2.45) is 11.8 Å². The highest BCUT2D eigenvalue weighted by molar-refractivity contribution is 7.98. The summed E-state index contributed by atoms with van der Waals surface area (Å²) in [5.74, 6) is -4.33. The number of aromatic nitrogens is 1. The first-order valence-electron chi connectivity index (χ1n) is 13.6. The highest BCUT2D eigenvalue weighted by Crippen LogP contribution is 2.52. The van der Waals surface area contributed by atoms with Crippen LogP contribution in [0.3, 0.4) is 0 Å². The summed E-state index contributed by atoms with van der Waals surface area (Å²) < 4.78 is 56.3. The molecule has 0 bridgehead atoms. The number of ether oxygens (including phenoxy) is 2. The third kappa shape index (κ3) is 5.14. The standard InChI is InChI=1S/C27H32ClF2N3O4S/c1-14-9-21(38-4)19(25(35)32-14)12-31-24(34)18-10-20(28)23-22(15(18)2)36-26(3,37-23)16-5-7-33(8-6-16)13-17-11-27(17,29)30/h9-10,16-17H,5-8,11-13H2,1-4H3,(H,31,34)(H,32,35)/t17?,26-/m1/s1/i12D2. The molecule has 1 saturated carbocycles. The Balaban J connectivity index is 1.32. The van der Waals surface area contributed by atoms with Crippen molar-refractivity contribution in [2.45, 2.75) is 63.1 Å². The average molecular weight is 570 g/mol. The van der Waals surface area contributed by atoms with Crippen LogP contribution < -0.4 is 20.3 Å². The van der Waals surface area contributed by atoms with E-state index in [2.05, 4.69) is 15.2 Å². The number of fused-ring (bicyclic) bond motifs is 1. The number of thioether (sulfide) groups is 1. The SMILES string of the molecule is [2H]C([2H])(NC(=O)c1cc(Cl)c2c(c1C)O[C@@](C)(C1CCN(CC3CC3(F)F)CC1)O2)c1c(SC)cc(C)[nH]c1=O. The molecule has 7 nitrogen and oxygen atoms in total. The van der Waals surface area contributed by atoms with E-state index in [0.29, 0.717) is 60.1 Å². The Kier molecular flexibility index (Phi) is 6.52. The number of rotatable bonds is 7. The highest BCUT2D eigenvalue weighted by Gasteiger charge is 2.57. The normalized spacial score (nSPS) is 25.6. The first-order chi connectivity index (χ1) is 18.6. The van der Waals surface area contributed by atoms with Gasteiger partial charge in [0.1, 0.15) is 0 Å². The van der Waals surface area contributed by atoms with Crippen molar-refractivity contribution in [1.29, 1.82) is 0 Å². The predicted octanol–water partition coefficient (Wildman–Crippen LogP) is 5.15. The lowest BCUT2D eigenvalue weighted by Crippen LogP contribution is -2.49. The van der Waals surface area contributed by atoms with Gasteiger partial charge < -0.3 is 24.7 Å². The van der Waals surface area contributed by atoms with Gasteiger partial charge in [0.15, 0.2) is 11.5 Å². The van der Waals surface area contributed by atoms with Gasteiger partial charge in [0.2, 0.25) is 0 Å². The van der Waals surface area contributed by atoms with Crippen LogP contribution in [0.15, 0.2) is 21.8 Å². The lowest BCUT2D eigenvalue weighted by atomic mass is 9.89. The van der Waals surface area contributed by atoms with Gasteiger partial charge >= 0.3 is 0 Å². The monoisotopic (exact) mass is 569 g/mol. The summed E-state index contributed by atoms with van der Waals surface area (Å²) in [5.41, 5.74) is 0.287. The Morgan fingerprint density at radius 1 is 1.29 bits per heavy atom. The van der Waals surface area contributed by atoms with Gasteiger partial charge in [0.25, 0.3) is 23.2 Å². The second-order valence-corrected chi connectivity index (χ2v) is 11.7. The number of alkyl halides is 2. The molecule has 38 heavy (non-hydrogen) atoms. The number of aromatic amines is 1. The van der Waals surface area contributed by atoms with Crippen LogP contribution in [0, 0.1) is 25.7 Å². The Bertz CT molecular complexity index is 1420. The van der Waals surface area contributed by atoms with Crippen LogP contribution in [-0.2, 0) is 6.50 Å². The number of piperidine rings is 1. The Morgan fingerprint density at radius 3 is 2.58 bits per heavy atom. The van der Waals surface area contributed by atoms with Crippen LogP contribution in [0.25, 0.3) is 0 Å². The van der Waals surface area contributed by atoms with E-state index in [-0.39, 0.29) is 28.5 Å². The predicted molar refractivity (Wildman–Crippen MR) is 143 cm³/mol. The molecule has 1 unspecified atom stereocenters. The molecule has 2 aliphatic heterocycles. The summed E-state index contributed by atoms with van der Waals surface area (Å²) in [7, 11) is 0. The third-order valence-electron chi connectivity index (χ3n) is 7.71. The number of nitrogens with zero attached hydrogens (tertiary/aromatic N) is 1. The molecule has 1 amide bonds. The lowest BCUT2D eigenvalue weighted by molar-refractivity contribution is -0.125.